The molecule has 1 aromatic heterocycles. The average molecular weight is 295 g/mol. The monoisotopic (exact) mass is 295 g/mol. The second-order valence-electron chi connectivity index (χ2n) is 5.58. The van der Waals surface area contributed by atoms with Crippen molar-refractivity contribution in [3.8, 4) is 11.3 Å². The Balaban J connectivity index is 2.13. The molecule has 0 aliphatic carbocycles. The molecule has 0 saturated heterocycles. The van der Waals surface area contributed by atoms with Crippen LogP contribution < -0.4 is 11.5 Å². The van der Waals surface area contributed by atoms with Gasteiger partial charge in [0.15, 0.2) is 11.8 Å². The Morgan fingerprint density at radius 2 is 1.82 bits per heavy atom. The fraction of sp³-hybridized carbons (Fsp3) is 0.294. The molecular formula is C17H21N5. The maximum atomic E-state index is 6.27. The quantitative estimate of drug-likeness (QED) is 0.892. The van der Waals surface area contributed by atoms with Crippen molar-refractivity contribution >= 4 is 11.8 Å². The minimum Gasteiger partial charge on any atom is -0.369 e. The predicted molar refractivity (Wildman–Crippen MR) is 89.7 cm³/mol. The molecule has 0 spiro atoms. The first kappa shape index (κ1) is 14.5. The number of rotatable bonds is 2. The van der Waals surface area contributed by atoms with E-state index in [1.165, 1.54) is 11.1 Å². The van der Waals surface area contributed by atoms with Crippen LogP contribution in [0, 0.1) is 13.8 Å². The van der Waals surface area contributed by atoms with E-state index in [9.17, 15) is 0 Å². The molecule has 4 N–H and O–H groups in total. The third-order valence-corrected chi connectivity index (χ3v) is 4.15. The Hall–Kier alpha value is -2.40. The number of nitrogens with zero attached hydrogens (tertiary/aromatic N) is 3. The van der Waals surface area contributed by atoms with E-state index in [1.807, 2.05) is 24.0 Å². The molecule has 3 rings (SSSR count). The van der Waals surface area contributed by atoms with Gasteiger partial charge < -0.3 is 16.4 Å². The molecule has 0 radical (unpaired) electrons. The average Bonchev–Trinajstić information content (AvgIpc) is 2.47. The summed E-state index contributed by atoms with van der Waals surface area (Å²) in [7, 11) is 0. The largest absolute Gasteiger partial charge is 0.369 e. The van der Waals surface area contributed by atoms with Gasteiger partial charge in [-0.05, 0) is 44.0 Å². The number of hydrogen-bond donors (Lipinski definition) is 2. The van der Waals surface area contributed by atoms with Gasteiger partial charge >= 0.3 is 0 Å². The van der Waals surface area contributed by atoms with Gasteiger partial charge in [-0.15, -0.1) is 0 Å². The van der Waals surface area contributed by atoms with Crippen molar-refractivity contribution in [1.29, 1.82) is 0 Å². The van der Waals surface area contributed by atoms with Crippen LogP contribution >= 0.6 is 0 Å². The van der Waals surface area contributed by atoms with Crippen molar-refractivity contribution in [2.75, 3.05) is 6.54 Å². The molecule has 0 saturated carbocycles. The maximum Gasteiger partial charge on any atom is 0.199 e. The van der Waals surface area contributed by atoms with Gasteiger partial charge in [0.25, 0.3) is 0 Å². The highest BCUT2D eigenvalue weighted by Crippen LogP contribution is 2.33. The SMILES string of the molecule is CCN1C(N)=Nc2nc(-c3c(C)cccc3C)ccc2C1N. The summed E-state index contributed by atoms with van der Waals surface area (Å²) in [6, 6.07) is 10.3. The summed E-state index contributed by atoms with van der Waals surface area (Å²) < 4.78 is 0. The summed E-state index contributed by atoms with van der Waals surface area (Å²) in [5.41, 5.74) is 17.6. The van der Waals surface area contributed by atoms with Gasteiger partial charge in [-0.2, -0.15) is 4.99 Å². The molecule has 0 bridgehead atoms. The van der Waals surface area contributed by atoms with Gasteiger partial charge in [-0.1, -0.05) is 18.2 Å². The Kier molecular flexibility index (Phi) is 3.58. The summed E-state index contributed by atoms with van der Waals surface area (Å²) in [6.07, 6.45) is -0.294. The lowest BCUT2D eigenvalue weighted by Gasteiger charge is -2.32. The molecule has 1 aliphatic heterocycles. The second kappa shape index (κ2) is 5.42. The molecule has 1 atom stereocenters. The molecule has 0 fully saturated rings. The number of pyridine rings is 1. The molecule has 2 aromatic rings. The van der Waals surface area contributed by atoms with Gasteiger partial charge in [-0.25, -0.2) is 4.98 Å². The van der Waals surface area contributed by atoms with Crippen LogP contribution in [0.1, 0.15) is 29.8 Å². The summed E-state index contributed by atoms with van der Waals surface area (Å²) in [5, 5.41) is 0. The number of aliphatic imine (C=N–C) groups is 1. The highest BCUT2D eigenvalue weighted by atomic mass is 15.3. The standard InChI is InChI=1S/C17H21N5/c1-4-22-15(18)12-8-9-13(20-16(12)21-17(22)19)14-10(2)6-5-7-11(14)3/h5-9,15H,4,18H2,1-3H3,(H2,19,20,21). The normalized spacial score (nSPS) is 17.2. The number of aryl methyl sites for hydroxylation is 2. The number of hydrogen-bond acceptors (Lipinski definition) is 5. The first-order valence-corrected chi connectivity index (χ1v) is 7.46. The molecule has 1 aromatic carbocycles. The van der Waals surface area contributed by atoms with E-state index in [0.717, 1.165) is 16.8 Å². The molecule has 5 heteroatoms. The fourth-order valence-electron chi connectivity index (χ4n) is 2.98. The Bertz CT molecular complexity index is 730. The van der Waals surface area contributed by atoms with Crippen molar-refractivity contribution in [2.24, 2.45) is 16.5 Å². The fourth-order valence-corrected chi connectivity index (χ4v) is 2.98. The van der Waals surface area contributed by atoms with E-state index in [0.29, 0.717) is 18.3 Å². The lowest BCUT2D eigenvalue weighted by Crippen LogP contribution is -2.45. The number of nitrogens with two attached hydrogens (primary N) is 2. The lowest BCUT2D eigenvalue weighted by atomic mass is 9.99. The van der Waals surface area contributed by atoms with E-state index < -0.39 is 0 Å². The van der Waals surface area contributed by atoms with Gasteiger partial charge in [0.05, 0.1) is 5.69 Å². The molecule has 114 valence electrons. The topological polar surface area (TPSA) is 80.5 Å². The van der Waals surface area contributed by atoms with Crippen molar-refractivity contribution in [3.05, 3.63) is 47.0 Å². The first-order chi connectivity index (χ1) is 10.5. The highest BCUT2D eigenvalue weighted by Gasteiger charge is 2.26. The number of aromatic nitrogens is 1. The zero-order valence-corrected chi connectivity index (χ0v) is 13.2. The van der Waals surface area contributed by atoms with E-state index in [-0.39, 0.29) is 6.17 Å². The summed E-state index contributed by atoms with van der Waals surface area (Å²) in [5.74, 6) is 1.04. The van der Waals surface area contributed by atoms with Crippen LogP contribution in [-0.2, 0) is 0 Å². The van der Waals surface area contributed by atoms with E-state index >= 15 is 0 Å². The zero-order valence-electron chi connectivity index (χ0n) is 13.2. The van der Waals surface area contributed by atoms with Crippen LogP contribution in [0.4, 0.5) is 5.82 Å². The van der Waals surface area contributed by atoms with Gasteiger partial charge in [-0.3, -0.25) is 0 Å². The molecule has 2 heterocycles. The van der Waals surface area contributed by atoms with Gasteiger partial charge in [0.2, 0.25) is 0 Å². The van der Waals surface area contributed by atoms with E-state index in [4.69, 9.17) is 16.5 Å². The maximum absolute atomic E-state index is 6.27. The lowest BCUT2D eigenvalue weighted by molar-refractivity contribution is 0.329. The van der Waals surface area contributed by atoms with Crippen molar-refractivity contribution in [2.45, 2.75) is 26.9 Å². The minimum absolute atomic E-state index is 0.294. The second-order valence-corrected chi connectivity index (χ2v) is 5.58. The van der Waals surface area contributed by atoms with Crippen LogP contribution in [0.5, 0.6) is 0 Å². The van der Waals surface area contributed by atoms with Crippen molar-refractivity contribution in [1.82, 2.24) is 9.88 Å². The van der Waals surface area contributed by atoms with Crippen molar-refractivity contribution < 1.29 is 0 Å². The molecular weight excluding hydrogens is 274 g/mol. The smallest absolute Gasteiger partial charge is 0.199 e. The Morgan fingerprint density at radius 3 is 2.45 bits per heavy atom. The third kappa shape index (κ3) is 2.23. The van der Waals surface area contributed by atoms with Crippen molar-refractivity contribution in [3.63, 3.8) is 0 Å². The number of guanidine groups is 1. The van der Waals surface area contributed by atoms with Crippen LogP contribution in [0.25, 0.3) is 11.3 Å². The van der Waals surface area contributed by atoms with Crippen LogP contribution in [0.3, 0.4) is 0 Å². The summed E-state index contributed by atoms with van der Waals surface area (Å²) in [6.45, 7) is 6.90. The van der Waals surface area contributed by atoms with Crippen LogP contribution in [0.15, 0.2) is 35.3 Å². The van der Waals surface area contributed by atoms with Crippen LogP contribution in [0.2, 0.25) is 0 Å². The van der Waals surface area contributed by atoms with Crippen LogP contribution in [-0.4, -0.2) is 22.4 Å². The minimum atomic E-state index is -0.294. The Morgan fingerprint density at radius 1 is 1.14 bits per heavy atom. The zero-order chi connectivity index (χ0) is 15.9. The summed E-state index contributed by atoms with van der Waals surface area (Å²) >= 11 is 0. The number of benzene rings is 1. The van der Waals surface area contributed by atoms with E-state index in [2.05, 4.69) is 37.0 Å². The molecule has 1 aliphatic rings. The first-order valence-electron chi connectivity index (χ1n) is 7.46. The van der Waals surface area contributed by atoms with Gasteiger partial charge in [0, 0.05) is 17.7 Å². The number of fused-ring (bicyclic) bond motifs is 1. The third-order valence-electron chi connectivity index (χ3n) is 4.15. The molecule has 5 nitrogen and oxygen atoms in total. The molecule has 22 heavy (non-hydrogen) atoms. The Labute approximate surface area is 130 Å². The van der Waals surface area contributed by atoms with E-state index in [1.54, 1.807) is 0 Å². The predicted octanol–water partition coefficient (Wildman–Crippen LogP) is 2.60. The van der Waals surface area contributed by atoms with Gasteiger partial charge in [0.1, 0.15) is 6.17 Å². The molecule has 1 unspecified atom stereocenters. The highest BCUT2D eigenvalue weighted by molar-refractivity contribution is 5.84. The molecule has 0 amide bonds. The summed E-state index contributed by atoms with van der Waals surface area (Å²) in [4.78, 5) is 11.0.